The molecule has 0 fully saturated rings. The van der Waals surface area contributed by atoms with Crippen LogP contribution in [0.3, 0.4) is 0 Å². The number of aromatic nitrogens is 1. The van der Waals surface area contributed by atoms with Crippen LogP contribution in [0.4, 0.5) is 4.79 Å². The number of nitrogens with two attached hydrogens (primary N) is 1. The molecule has 0 aliphatic rings. The van der Waals surface area contributed by atoms with Crippen molar-refractivity contribution in [3.8, 4) is 0 Å². The summed E-state index contributed by atoms with van der Waals surface area (Å²) in [7, 11) is 0. The summed E-state index contributed by atoms with van der Waals surface area (Å²) in [6.45, 7) is 1.69. The zero-order chi connectivity index (χ0) is 14.5. The minimum Gasteiger partial charge on any atom is -0.350 e. The Morgan fingerprint density at radius 2 is 2.40 bits per heavy atom. The van der Waals surface area contributed by atoms with E-state index >= 15 is 0 Å². The van der Waals surface area contributed by atoms with E-state index in [4.69, 9.17) is 5.73 Å². The van der Waals surface area contributed by atoms with Gasteiger partial charge in [0.1, 0.15) is 0 Å². The Bertz CT molecular complexity index is 593. The van der Waals surface area contributed by atoms with Crippen LogP contribution in [-0.2, 0) is 6.42 Å². The van der Waals surface area contributed by atoms with Crippen LogP contribution in [0.25, 0.3) is 6.08 Å². The second kappa shape index (κ2) is 6.65. The average molecular weight is 309 g/mol. The lowest BCUT2D eigenvalue weighted by Gasteiger charge is -2.16. The zero-order valence-corrected chi connectivity index (χ0v) is 12.5. The number of hydroxylamine groups is 2. The molecule has 2 aromatic heterocycles. The third kappa shape index (κ3) is 3.89. The van der Waals surface area contributed by atoms with Gasteiger partial charge < -0.3 is 5.73 Å². The molecule has 0 saturated carbocycles. The lowest BCUT2D eigenvalue weighted by atomic mass is 10.2. The molecule has 1 unspecified atom stereocenters. The van der Waals surface area contributed by atoms with Crippen LogP contribution in [-0.4, -0.2) is 27.3 Å². The van der Waals surface area contributed by atoms with Crippen LogP contribution < -0.4 is 5.73 Å². The van der Waals surface area contributed by atoms with Gasteiger partial charge in [0.05, 0.1) is 17.2 Å². The standard InChI is InChI=1S/C13H15N3O2S2/c1-9(16(18)13(14)17)2-3-11-4-5-12(20-11)6-10-7-19-8-15-10/h2-5,7-9,18H,6H2,1H3,(H2,14,17)/b3-2-. The van der Waals surface area contributed by atoms with Crippen molar-refractivity contribution in [2.24, 2.45) is 5.73 Å². The molecule has 2 rings (SSSR count). The monoisotopic (exact) mass is 309 g/mol. The maximum absolute atomic E-state index is 10.8. The molecule has 0 bridgehead atoms. The van der Waals surface area contributed by atoms with Gasteiger partial charge in [-0.3, -0.25) is 5.21 Å². The number of rotatable bonds is 5. The molecule has 2 heterocycles. The Morgan fingerprint density at radius 3 is 3.05 bits per heavy atom. The van der Waals surface area contributed by atoms with Gasteiger partial charge in [-0.2, -0.15) is 5.06 Å². The first kappa shape index (κ1) is 14.7. The summed E-state index contributed by atoms with van der Waals surface area (Å²) in [6, 6.07) is 2.73. The molecule has 0 aromatic carbocycles. The summed E-state index contributed by atoms with van der Waals surface area (Å²) in [5, 5.41) is 11.9. The van der Waals surface area contributed by atoms with Crippen molar-refractivity contribution in [2.75, 3.05) is 0 Å². The van der Waals surface area contributed by atoms with Crippen molar-refractivity contribution in [1.82, 2.24) is 10.0 Å². The second-order valence-corrected chi connectivity index (χ2v) is 6.16. The van der Waals surface area contributed by atoms with Crippen molar-refractivity contribution >= 4 is 34.8 Å². The Morgan fingerprint density at radius 1 is 1.60 bits per heavy atom. The van der Waals surface area contributed by atoms with Gasteiger partial charge in [-0.25, -0.2) is 9.78 Å². The molecule has 106 valence electrons. The number of urea groups is 1. The largest absolute Gasteiger partial charge is 0.350 e. The summed E-state index contributed by atoms with van der Waals surface area (Å²) in [5.74, 6) is 0. The fraction of sp³-hybridized carbons (Fsp3) is 0.231. The van der Waals surface area contributed by atoms with E-state index in [-0.39, 0.29) is 0 Å². The SMILES string of the molecule is CC(/C=C\c1ccc(Cc2cscn2)s1)N(O)C(N)=O. The summed E-state index contributed by atoms with van der Waals surface area (Å²) < 4.78 is 0. The van der Waals surface area contributed by atoms with Crippen LogP contribution in [0.1, 0.15) is 22.4 Å². The van der Waals surface area contributed by atoms with E-state index in [2.05, 4.69) is 11.1 Å². The number of hydrogen-bond donors (Lipinski definition) is 2. The lowest BCUT2D eigenvalue weighted by Crippen LogP contribution is -2.38. The first-order valence-electron chi connectivity index (χ1n) is 5.98. The molecule has 0 spiro atoms. The normalized spacial score (nSPS) is 12.7. The molecule has 2 aromatic rings. The van der Waals surface area contributed by atoms with E-state index in [1.54, 1.807) is 35.7 Å². The Hall–Kier alpha value is -1.70. The molecule has 0 saturated heterocycles. The number of hydrogen-bond acceptors (Lipinski definition) is 5. The fourth-order valence-corrected chi connectivity index (χ4v) is 3.10. The first-order valence-corrected chi connectivity index (χ1v) is 7.73. The summed E-state index contributed by atoms with van der Waals surface area (Å²) in [5.41, 5.74) is 7.88. The van der Waals surface area contributed by atoms with Crippen molar-refractivity contribution in [3.63, 3.8) is 0 Å². The van der Waals surface area contributed by atoms with Crippen molar-refractivity contribution in [1.29, 1.82) is 0 Å². The van der Waals surface area contributed by atoms with Crippen molar-refractivity contribution in [3.05, 3.63) is 44.5 Å². The zero-order valence-electron chi connectivity index (χ0n) is 10.9. The predicted octanol–water partition coefficient (Wildman–Crippen LogP) is 2.97. The number of amides is 2. The highest BCUT2D eigenvalue weighted by atomic mass is 32.1. The van der Waals surface area contributed by atoms with Gasteiger partial charge >= 0.3 is 6.03 Å². The smallest absolute Gasteiger partial charge is 0.339 e. The van der Waals surface area contributed by atoms with Gasteiger partial charge in [0.25, 0.3) is 0 Å². The fourth-order valence-electron chi connectivity index (χ4n) is 1.60. The molecule has 2 amide bonds. The molecule has 0 aliphatic carbocycles. The molecule has 20 heavy (non-hydrogen) atoms. The van der Waals surface area contributed by atoms with Crippen LogP contribution in [0, 0.1) is 0 Å². The van der Waals surface area contributed by atoms with E-state index in [9.17, 15) is 10.0 Å². The first-order chi connectivity index (χ1) is 9.56. The lowest BCUT2D eigenvalue weighted by molar-refractivity contribution is -0.0560. The maximum atomic E-state index is 10.8. The molecule has 5 nitrogen and oxygen atoms in total. The molecular weight excluding hydrogens is 294 g/mol. The number of carbonyl (C=O) groups is 1. The minimum absolute atomic E-state index is 0.461. The van der Waals surface area contributed by atoms with Crippen molar-refractivity contribution in [2.45, 2.75) is 19.4 Å². The van der Waals surface area contributed by atoms with E-state index in [0.29, 0.717) is 5.06 Å². The van der Waals surface area contributed by atoms with E-state index < -0.39 is 12.1 Å². The van der Waals surface area contributed by atoms with Crippen LogP contribution in [0.15, 0.2) is 29.1 Å². The van der Waals surface area contributed by atoms with E-state index in [1.165, 1.54) is 4.88 Å². The highest BCUT2D eigenvalue weighted by Gasteiger charge is 2.11. The average Bonchev–Trinajstić information content (AvgIpc) is 3.07. The van der Waals surface area contributed by atoms with Crippen LogP contribution in [0.5, 0.6) is 0 Å². The molecule has 0 radical (unpaired) electrons. The topological polar surface area (TPSA) is 79.4 Å². The number of nitrogens with zero attached hydrogens (tertiary/aromatic N) is 2. The molecule has 0 aliphatic heterocycles. The molecular formula is C13H15N3O2S2. The van der Waals surface area contributed by atoms with Gasteiger partial charge in [-0.1, -0.05) is 6.08 Å². The highest BCUT2D eigenvalue weighted by Crippen LogP contribution is 2.21. The third-order valence-electron chi connectivity index (χ3n) is 2.67. The van der Waals surface area contributed by atoms with Crippen LogP contribution >= 0.6 is 22.7 Å². The van der Waals surface area contributed by atoms with Gasteiger partial charge in [-0.15, -0.1) is 22.7 Å². The predicted molar refractivity (Wildman–Crippen MR) is 80.9 cm³/mol. The van der Waals surface area contributed by atoms with Crippen molar-refractivity contribution < 1.29 is 10.0 Å². The number of thiophene rings is 1. The quantitative estimate of drug-likeness (QED) is 0.658. The molecule has 3 N–H and O–H groups in total. The minimum atomic E-state index is -0.863. The number of primary amides is 1. The third-order valence-corrected chi connectivity index (χ3v) is 4.36. The van der Waals surface area contributed by atoms with Gasteiger partial charge in [-0.05, 0) is 25.1 Å². The van der Waals surface area contributed by atoms with Crippen LogP contribution in [0.2, 0.25) is 0 Å². The number of carbonyl (C=O) groups excluding carboxylic acids is 1. The Balaban J connectivity index is 1.97. The van der Waals surface area contributed by atoms with Gasteiger partial charge in [0, 0.05) is 21.6 Å². The summed E-state index contributed by atoms with van der Waals surface area (Å²) in [4.78, 5) is 17.3. The van der Waals surface area contributed by atoms with Gasteiger partial charge in [0.15, 0.2) is 0 Å². The highest BCUT2D eigenvalue weighted by molar-refractivity contribution is 7.12. The summed E-state index contributed by atoms with van der Waals surface area (Å²) >= 11 is 3.24. The second-order valence-electron chi connectivity index (χ2n) is 4.24. The molecule has 7 heteroatoms. The van der Waals surface area contributed by atoms with E-state index in [0.717, 1.165) is 17.0 Å². The number of thiazole rings is 1. The summed E-state index contributed by atoms with van der Waals surface area (Å²) in [6.07, 6.45) is 4.42. The molecule has 1 atom stereocenters. The van der Waals surface area contributed by atoms with Gasteiger partial charge in [0.2, 0.25) is 0 Å². The van der Waals surface area contributed by atoms with E-state index in [1.807, 2.05) is 23.0 Å². The maximum Gasteiger partial charge on any atom is 0.339 e. The Labute approximate surface area is 124 Å². The Kier molecular flexibility index (Phi) is 4.89.